The van der Waals surface area contributed by atoms with Crippen LogP contribution in [0.15, 0.2) is 68.0 Å². The number of H-pyrrole nitrogens is 1. The van der Waals surface area contributed by atoms with E-state index in [2.05, 4.69) is 9.98 Å². The molecule has 2 N–H and O–H groups in total. The molecule has 4 rings (SSSR count). The molecule has 152 valence electrons. The Morgan fingerprint density at radius 3 is 2.60 bits per heavy atom. The number of aromatic hydroxyl groups is 1. The van der Waals surface area contributed by atoms with Crippen LogP contribution in [-0.2, 0) is 7.05 Å². The van der Waals surface area contributed by atoms with Gasteiger partial charge in [-0.25, -0.2) is 4.79 Å². The van der Waals surface area contributed by atoms with Gasteiger partial charge in [-0.05, 0) is 17.7 Å². The minimum absolute atomic E-state index is 0.0150. The number of nitrogens with zero attached hydrogens (tertiary/aromatic N) is 3. The average molecular weight is 424 g/mol. The molecule has 0 fully saturated rings. The highest BCUT2D eigenvalue weighted by atomic mass is 32.2. The smallest absolute Gasteiger partial charge is 0.330 e. The third-order valence-corrected chi connectivity index (χ3v) is 6.15. The Morgan fingerprint density at radius 2 is 1.90 bits per heavy atom. The molecule has 1 aromatic heterocycles. The molecular weight excluding hydrogens is 408 g/mol. The lowest BCUT2D eigenvalue weighted by atomic mass is 10.0. The van der Waals surface area contributed by atoms with Crippen molar-refractivity contribution in [2.45, 2.75) is 16.6 Å². The second kappa shape index (κ2) is 7.64. The minimum Gasteiger partial charge on any atom is -0.494 e. The summed E-state index contributed by atoms with van der Waals surface area (Å²) in [4.78, 5) is 42.5. The average Bonchev–Trinajstić information content (AvgIpc) is 2.92. The van der Waals surface area contributed by atoms with Crippen LogP contribution in [0.1, 0.15) is 22.8 Å². The summed E-state index contributed by atoms with van der Waals surface area (Å²) in [7, 11) is 1.35. The van der Waals surface area contributed by atoms with Crippen molar-refractivity contribution >= 4 is 28.8 Å². The molecule has 1 aliphatic rings. The van der Waals surface area contributed by atoms with E-state index in [-0.39, 0.29) is 22.9 Å². The van der Waals surface area contributed by atoms with Gasteiger partial charge in [0.15, 0.2) is 0 Å². The predicted molar refractivity (Wildman–Crippen MR) is 113 cm³/mol. The topological polar surface area (TPSA) is 131 Å². The van der Waals surface area contributed by atoms with Crippen molar-refractivity contribution in [2.75, 3.05) is 0 Å². The van der Waals surface area contributed by atoms with Crippen molar-refractivity contribution in [3.63, 3.8) is 0 Å². The fourth-order valence-electron chi connectivity index (χ4n) is 3.23. The van der Waals surface area contributed by atoms with Crippen LogP contribution in [0, 0.1) is 10.1 Å². The fourth-order valence-corrected chi connectivity index (χ4v) is 4.47. The summed E-state index contributed by atoms with van der Waals surface area (Å²) in [6, 6.07) is 13.6. The number of aromatic nitrogens is 2. The van der Waals surface area contributed by atoms with Crippen molar-refractivity contribution in [3.05, 3.63) is 90.6 Å². The second-order valence-electron chi connectivity index (χ2n) is 6.70. The Labute approximate surface area is 173 Å². The first-order valence-corrected chi connectivity index (χ1v) is 9.83. The maximum atomic E-state index is 12.5. The van der Waals surface area contributed by atoms with Gasteiger partial charge in [-0.1, -0.05) is 24.3 Å². The van der Waals surface area contributed by atoms with Crippen LogP contribution in [0.25, 0.3) is 0 Å². The molecule has 1 atom stereocenters. The molecule has 0 spiro atoms. The van der Waals surface area contributed by atoms with Crippen LogP contribution in [0.3, 0.4) is 0 Å². The summed E-state index contributed by atoms with van der Waals surface area (Å²) in [5.74, 6) is -0.464. The van der Waals surface area contributed by atoms with Crippen LogP contribution in [0.2, 0.25) is 0 Å². The van der Waals surface area contributed by atoms with Crippen LogP contribution in [0.4, 0.5) is 11.4 Å². The number of fused-ring (bicyclic) bond motifs is 1. The van der Waals surface area contributed by atoms with Gasteiger partial charge in [-0.15, -0.1) is 11.8 Å². The molecule has 2 aromatic carbocycles. The normalized spacial score (nSPS) is 15.8. The van der Waals surface area contributed by atoms with E-state index in [1.807, 2.05) is 18.2 Å². The van der Waals surface area contributed by atoms with Crippen LogP contribution < -0.4 is 11.2 Å². The zero-order chi connectivity index (χ0) is 21.4. The molecule has 0 radical (unpaired) electrons. The monoisotopic (exact) mass is 424 g/mol. The van der Waals surface area contributed by atoms with E-state index < -0.39 is 22.1 Å². The minimum atomic E-state index is -0.725. The molecular formula is C20H16N4O5S. The number of aliphatic imine (C=N–C) groups is 1. The van der Waals surface area contributed by atoms with Gasteiger partial charge in [0.2, 0.25) is 5.88 Å². The summed E-state index contributed by atoms with van der Waals surface area (Å²) >= 11 is 1.52. The number of rotatable bonds is 3. The molecule has 0 amide bonds. The van der Waals surface area contributed by atoms with Gasteiger partial charge < -0.3 is 5.11 Å². The van der Waals surface area contributed by atoms with E-state index >= 15 is 0 Å². The van der Waals surface area contributed by atoms with E-state index in [0.717, 1.165) is 15.0 Å². The van der Waals surface area contributed by atoms with Crippen LogP contribution in [-0.4, -0.2) is 25.3 Å². The number of para-hydroxylation sites is 1. The summed E-state index contributed by atoms with van der Waals surface area (Å²) in [6.07, 6.45) is 0.270. The van der Waals surface area contributed by atoms with E-state index in [0.29, 0.717) is 11.4 Å². The van der Waals surface area contributed by atoms with Crippen molar-refractivity contribution in [1.82, 2.24) is 9.55 Å². The first-order valence-electron chi connectivity index (χ1n) is 8.95. The number of aromatic amines is 1. The van der Waals surface area contributed by atoms with Gasteiger partial charge in [0.25, 0.3) is 11.2 Å². The first-order chi connectivity index (χ1) is 14.3. The van der Waals surface area contributed by atoms with Gasteiger partial charge in [0.1, 0.15) is 5.56 Å². The number of non-ortho nitro benzene ring substituents is 1. The zero-order valence-electron chi connectivity index (χ0n) is 15.7. The molecule has 0 bridgehead atoms. The Bertz CT molecular complexity index is 1290. The summed E-state index contributed by atoms with van der Waals surface area (Å²) in [5, 5.41) is 21.2. The van der Waals surface area contributed by atoms with Crippen molar-refractivity contribution < 1.29 is 10.0 Å². The number of nitro benzene ring substituents is 1. The van der Waals surface area contributed by atoms with Crippen LogP contribution in [0.5, 0.6) is 5.88 Å². The van der Waals surface area contributed by atoms with Crippen molar-refractivity contribution in [2.24, 2.45) is 12.0 Å². The highest BCUT2D eigenvalue weighted by Gasteiger charge is 2.27. The summed E-state index contributed by atoms with van der Waals surface area (Å²) in [5.41, 5.74) is 0.244. The molecule has 30 heavy (non-hydrogen) atoms. The Morgan fingerprint density at radius 1 is 1.20 bits per heavy atom. The lowest BCUT2D eigenvalue weighted by Crippen LogP contribution is -2.32. The van der Waals surface area contributed by atoms with Gasteiger partial charge in [-0.2, -0.15) is 0 Å². The molecule has 2 heterocycles. The highest BCUT2D eigenvalue weighted by Crippen LogP contribution is 2.45. The number of hydrogen-bond acceptors (Lipinski definition) is 7. The van der Waals surface area contributed by atoms with E-state index in [1.165, 1.54) is 30.9 Å². The van der Waals surface area contributed by atoms with E-state index in [1.54, 1.807) is 18.2 Å². The Balaban J connectivity index is 1.86. The quantitative estimate of drug-likeness (QED) is 0.491. The van der Waals surface area contributed by atoms with Crippen molar-refractivity contribution in [3.8, 4) is 5.88 Å². The Hall–Kier alpha value is -3.66. The van der Waals surface area contributed by atoms with Gasteiger partial charge >= 0.3 is 5.69 Å². The summed E-state index contributed by atoms with van der Waals surface area (Å²) in [6.45, 7) is 0. The van der Waals surface area contributed by atoms with E-state index in [9.17, 15) is 24.8 Å². The molecule has 10 heteroatoms. The Kier molecular flexibility index (Phi) is 5.00. The number of thioether (sulfide) groups is 1. The lowest BCUT2D eigenvalue weighted by Gasteiger charge is -2.16. The summed E-state index contributed by atoms with van der Waals surface area (Å²) < 4.78 is 0.948. The number of nitrogens with one attached hydrogen (secondary N) is 1. The second-order valence-corrected chi connectivity index (χ2v) is 7.95. The van der Waals surface area contributed by atoms with Gasteiger partial charge in [0.05, 0.1) is 16.3 Å². The molecule has 1 aliphatic heterocycles. The van der Waals surface area contributed by atoms with Crippen molar-refractivity contribution in [1.29, 1.82) is 0 Å². The maximum Gasteiger partial charge on any atom is 0.330 e. The predicted octanol–water partition coefficient (Wildman–Crippen LogP) is 3.05. The van der Waals surface area contributed by atoms with Gasteiger partial charge in [0, 0.05) is 35.7 Å². The largest absolute Gasteiger partial charge is 0.494 e. The van der Waals surface area contributed by atoms with Crippen LogP contribution >= 0.6 is 11.8 Å². The molecule has 0 saturated heterocycles. The number of nitro groups is 1. The maximum absolute atomic E-state index is 12.5. The highest BCUT2D eigenvalue weighted by molar-refractivity contribution is 7.99. The standard InChI is InChI=1S/C20H16N4O5S/c1-23-19(26)17(18(25)22-20(23)27)14-10-16(11-6-8-12(9-7-11)24(28)29)30-15-5-3-2-4-13(15)21-14/h2-9,16,26H,10H2,1H3,(H,22,25,27)/t16-/m0/s1. The SMILES string of the molecule is Cn1c(O)c(C2=Nc3ccccc3S[C@H](c3ccc([N+](=O)[O-])cc3)C2)c(=O)[nH]c1=O. The third-order valence-electron chi connectivity index (χ3n) is 4.83. The van der Waals surface area contributed by atoms with Gasteiger partial charge in [-0.3, -0.25) is 29.5 Å². The molecule has 0 aliphatic carbocycles. The molecule has 3 aromatic rings. The molecule has 9 nitrogen and oxygen atoms in total. The molecule has 0 saturated carbocycles. The number of hydrogen-bond donors (Lipinski definition) is 2. The zero-order valence-corrected chi connectivity index (χ0v) is 16.5. The third kappa shape index (κ3) is 3.52. The van der Waals surface area contributed by atoms with E-state index in [4.69, 9.17) is 0 Å². The molecule has 0 unspecified atom stereocenters. The fraction of sp³-hybridized carbons (Fsp3) is 0.150. The first kappa shape index (κ1) is 19.6. The lowest BCUT2D eigenvalue weighted by molar-refractivity contribution is -0.384. The number of benzene rings is 2.